The van der Waals surface area contributed by atoms with E-state index in [2.05, 4.69) is 46.5 Å². The van der Waals surface area contributed by atoms with Crippen molar-refractivity contribution in [1.29, 1.82) is 0 Å². The highest BCUT2D eigenvalue weighted by Crippen LogP contribution is 2.23. The lowest BCUT2D eigenvalue weighted by atomic mass is 9.87. The van der Waals surface area contributed by atoms with E-state index in [1.165, 1.54) is 44.1 Å². The van der Waals surface area contributed by atoms with Crippen LogP contribution in [-0.4, -0.2) is 36.6 Å². The molecule has 1 aliphatic heterocycles. The lowest BCUT2D eigenvalue weighted by molar-refractivity contribution is 0.329. The van der Waals surface area contributed by atoms with E-state index < -0.39 is 0 Å². The summed E-state index contributed by atoms with van der Waals surface area (Å²) in [5, 5.41) is 7.02. The van der Waals surface area contributed by atoms with E-state index in [1.54, 1.807) is 0 Å². The zero-order chi connectivity index (χ0) is 17.5. The number of hydrogen-bond acceptors (Lipinski definition) is 3. The van der Waals surface area contributed by atoms with Crippen LogP contribution in [0.25, 0.3) is 0 Å². The van der Waals surface area contributed by atoms with Gasteiger partial charge >= 0.3 is 0 Å². The Labute approximate surface area is 152 Å². The third-order valence-corrected chi connectivity index (χ3v) is 5.36. The van der Waals surface area contributed by atoms with Crippen LogP contribution in [0.5, 0.6) is 0 Å². The molecular formula is C20H33N5. The summed E-state index contributed by atoms with van der Waals surface area (Å²) >= 11 is 0. The number of anilines is 1. The predicted octanol–water partition coefficient (Wildman–Crippen LogP) is 3.32. The third-order valence-electron chi connectivity index (χ3n) is 5.36. The Bertz CT molecular complexity index is 557. The second-order valence-electron chi connectivity index (χ2n) is 7.51. The van der Waals surface area contributed by atoms with Gasteiger partial charge in [0.15, 0.2) is 5.96 Å². The maximum absolute atomic E-state index is 4.81. The fourth-order valence-corrected chi connectivity index (χ4v) is 3.77. The molecule has 1 aromatic heterocycles. The summed E-state index contributed by atoms with van der Waals surface area (Å²) in [6, 6.07) is 4.84. The molecule has 138 valence electrons. The molecule has 25 heavy (non-hydrogen) atoms. The molecule has 2 fully saturated rings. The van der Waals surface area contributed by atoms with Crippen molar-refractivity contribution in [2.24, 2.45) is 10.9 Å². The van der Waals surface area contributed by atoms with E-state index in [4.69, 9.17) is 4.99 Å². The van der Waals surface area contributed by atoms with Crippen molar-refractivity contribution in [3.05, 3.63) is 23.9 Å². The van der Waals surface area contributed by atoms with Gasteiger partial charge in [0.05, 0.1) is 6.54 Å². The molecule has 1 saturated heterocycles. The molecule has 3 rings (SSSR count). The Kier molecular flexibility index (Phi) is 6.54. The topological polar surface area (TPSA) is 52.6 Å². The largest absolute Gasteiger partial charge is 0.357 e. The summed E-state index contributed by atoms with van der Waals surface area (Å²) < 4.78 is 0. The number of hydrogen-bond donors (Lipinski definition) is 2. The summed E-state index contributed by atoms with van der Waals surface area (Å²) in [5.74, 6) is 2.92. The average Bonchev–Trinajstić information content (AvgIpc) is 3.17. The quantitative estimate of drug-likeness (QED) is 0.636. The van der Waals surface area contributed by atoms with Crippen LogP contribution in [-0.2, 0) is 6.54 Å². The first-order chi connectivity index (χ1) is 12.2. The van der Waals surface area contributed by atoms with Crippen molar-refractivity contribution >= 4 is 11.8 Å². The molecule has 0 amide bonds. The first-order valence-corrected chi connectivity index (χ1v) is 9.99. The lowest BCUT2D eigenvalue weighted by Gasteiger charge is -2.28. The van der Waals surface area contributed by atoms with Crippen LogP contribution in [0.2, 0.25) is 0 Å². The Balaban J connectivity index is 1.59. The van der Waals surface area contributed by atoms with Gasteiger partial charge in [0.1, 0.15) is 5.82 Å². The molecule has 2 N–H and O–H groups in total. The van der Waals surface area contributed by atoms with Crippen LogP contribution in [0, 0.1) is 5.92 Å². The summed E-state index contributed by atoms with van der Waals surface area (Å²) in [4.78, 5) is 11.7. The molecule has 5 heteroatoms. The molecular weight excluding hydrogens is 310 g/mol. The van der Waals surface area contributed by atoms with Crippen molar-refractivity contribution in [1.82, 2.24) is 15.6 Å². The first-order valence-electron chi connectivity index (χ1n) is 9.99. The molecule has 2 aliphatic rings. The Hall–Kier alpha value is -1.78. The van der Waals surface area contributed by atoms with Crippen LogP contribution in [0.1, 0.15) is 57.9 Å². The molecule has 0 unspecified atom stereocenters. The van der Waals surface area contributed by atoms with Crippen LogP contribution >= 0.6 is 0 Å². The minimum Gasteiger partial charge on any atom is -0.357 e. The fourth-order valence-electron chi connectivity index (χ4n) is 3.77. The third kappa shape index (κ3) is 5.35. The number of nitrogens with one attached hydrogen (secondary N) is 2. The van der Waals surface area contributed by atoms with Gasteiger partial charge in [0, 0.05) is 31.9 Å². The smallest absolute Gasteiger partial charge is 0.191 e. The van der Waals surface area contributed by atoms with Crippen molar-refractivity contribution in [3.63, 3.8) is 0 Å². The molecule has 0 radical (unpaired) electrons. The maximum Gasteiger partial charge on any atom is 0.191 e. The lowest BCUT2D eigenvalue weighted by Crippen LogP contribution is -2.44. The second-order valence-corrected chi connectivity index (χ2v) is 7.51. The van der Waals surface area contributed by atoms with Crippen LogP contribution in [0.4, 0.5) is 5.82 Å². The number of guanidine groups is 1. The summed E-state index contributed by atoms with van der Waals surface area (Å²) in [6.45, 7) is 8.33. The molecule has 1 saturated carbocycles. The number of nitrogens with zero attached hydrogens (tertiary/aromatic N) is 3. The van der Waals surface area contributed by atoms with E-state index in [-0.39, 0.29) is 0 Å². The average molecular weight is 344 g/mol. The van der Waals surface area contributed by atoms with E-state index in [0.29, 0.717) is 12.6 Å². The van der Waals surface area contributed by atoms with Gasteiger partial charge in [-0.15, -0.1) is 0 Å². The fraction of sp³-hybridized carbons (Fsp3) is 0.700. The van der Waals surface area contributed by atoms with Crippen LogP contribution in [0.3, 0.4) is 0 Å². The minimum absolute atomic E-state index is 0.562. The van der Waals surface area contributed by atoms with Gasteiger partial charge in [-0.3, -0.25) is 0 Å². The summed E-state index contributed by atoms with van der Waals surface area (Å²) in [7, 11) is 0. The number of rotatable bonds is 5. The highest BCUT2D eigenvalue weighted by atomic mass is 15.2. The summed E-state index contributed by atoms with van der Waals surface area (Å²) in [6.07, 6.45) is 9.61. The Morgan fingerprint density at radius 2 is 2.00 bits per heavy atom. The number of aromatic nitrogens is 1. The first kappa shape index (κ1) is 18.0. The molecule has 1 aliphatic carbocycles. The standard InChI is InChI=1S/C20H33N5/c1-3-21-20(24-18-8-6-16(2)7-9-18)23-15-17-10-11-22-19(14-17)25-12-4-5-13-25/h10-11,14,16,18H,3-9,12-13,15H2,1-2H3,(H2,21,23,24). The molecule has 1 aromatic rings. The van der Waals surface area contributed by atoms with Crippen molar-refractivity contribution < 1.29 is 0 Å². The van der Waals surface area contributed by atoms with Crippen molar-refractivity contribution in [2.75, 3.05) is 24.5 Å². The zero-order valence-electron chi connectivity index (χ0n) is 15.8. The van der Waals surface area contributed by atoms with E-state index in [9.17, 15) is 0 Å². The van der Waals surface area contributed by atoms with Crippen LogP contribution < -0.4 is 15.5 Å². The van der Waals surface area contributed by atoms with Gasteiger partial charge in [-0.25, -0.2) is 9.98 Å². The van der Waals surface area contributed by atoms with Gasteiger partial charge < -0.3 is 15.5 Å². The molecule has 0 aromatic carbocycles. The number of pyridine rings is 1. The number of aliphatic imine (C=N–C) groups is 1. The molecule has 0 bridgehead atoms. The van der Waals surface area contributed by atoms with Crippen molar-refractivity contribution in [3.8, 4) is 0 Å². The second kappa shape index (κ2) is 9.07. The molecule has 2 heterocycles. The molecule has 0 spiro atoms. The molecule has 0 atom stereocenters. The van der Waals surface area contributed by atoms with E-state index >= 15 is 0 Å². The highest BCUT2D eigenvalue weighted by Gasteiger charge is 2.19. The van der Waals surface area contributed by atoms with E-state index in [0.717, 1.165) is 37.3 Å². The maximum atomic E-state index is 4.81. The van der Waals surface area contributed by atoms with Gasteiger partial charge in [-0.1, -0.05) is 6.92 Å². The van der Waals surface area contributed by atoms with Gasteiger partial charge in [-0.2, -0.15) is 0 Å². The van der Waals surface area contributed by atoms with Crippen LogP contribution in [0.15, 0.2) is 23.3 Å². The predicted molar refractivity (Wildman–Crippen MR) is 105 cm³/mol. The Morgan fingerprint density at radius 3 is 2.72 bits per heavy atom. The van der Waals surface area contributed by atoms with Gasteiger partial charge in [-0.05, 0) is 69.1 Å². The zero-order valence-corrected chi connectivity index (χ0v) is 15.8. The van der Waals surface area contributed by atoms with E-state index in [1.807, 2.05) is 6.20 Å². The highest BCUT2D eigenvalue weighted by molar-refractivity contribution is 5.80. The minimum atomic E-state index is 0.562. The monoisotopic (exact) mass is 343 g/mol. The van der Waals surface area contributed by atoms with Gasteiger partial charge in [0.25, 0.3) is 0 Å². The Morgan fingerprint density at radius 1 is 1.24 bits per heavy atom. The summed E-state index contributed by atoms with van der Waals surface area (Å²) in [5.41, 5.74) is 1.23. The normalized spacial score (nSPS) is 24.4. The SMILES string of the molecule is CCNC(=NCc1ccnc(N2CCCC2)c1)NC1CCC(C)CC1. The molecule has 5 nitrogen and oxygen atoms in total. The van der Waals surface area contributed by atoms with Gasteiger partial charge in [0.2, 0.25) is 0 Å². The van der Waals surface area contributed by atoms with Crippen molar-refractivity contribution in [2.45, 2.75) is 65.0 Å².